The van der Waals surface area contributed by atoms with E-state index in [-0.39, 0.29) is 0 Å². The molecule has 5 heterocycles. The Balaban J connectivity index is 1.63. The van der Waals surface area contributed by atoms with Crippen molar-refractivity contribution >= 4 is 11.3 Å². The molecule has 0 aromatic carbocycles. The van der Waals surface area contributed by atoms with E-state index in [9.17, 15) is 0 Å². The van der Waals surface area contributed by atoms with Gasteiger partial charge in [-0.15, -0.1) is 11.3 Å². The summed E-state index contributed by atoms with van der Waals surface area (Å²) >= 11 is 1.76. The molecule has 112 valence electrons. The van der Waals surface area contributed by atoms with Crippen LogP contribution in [0.5, 0.6) is 0 Å². The standard InChI is InChI=1S/C16H22N4S/c1-19-15(8-14(18-19)16-3-2-6-21-16)13-10-20-5-4-11(13)7-12(20)9-17/h2-3,6,8,11-13H,4-5,7,9-10,17H2,1H3/t11-,12+,13+/m0/s1. The van der Waals surface area contributed by atoms with Gasteiger partial charge in [-0.2, -0.15) is 5.10 Å². The SMILES string of the molecule is Cn1nc(-c2cccs2)cc1[C@@H]1CN2CC[C@H]1C[C@@H]2CN. The van der Waals surface area contributed by atoms with Crippen molar-refractivity contribution in [2.45, 2.75) is 24.8 Å². The average Bonchev–Trinajstić information content (AvgIpc) is 3.16. The van der Waals surface area contributed by atoms with Gasteiger partial charge in [0.15, 0.2) is 0 Å². The van der Waals surface area contributed by atoms with Gasteiger partial charge in [0.25, 0.3) is 0 Å². The second kappa shape index (κ2) is 5.23. The molecule has 0 spiro atoms. The highest BCUT2D eigenvalue weighted by Gasteiger charge is 2.41. The predicted octanol–water partition coefficient (Wildman–Crippen LogP) is 2.29. The number of rotatable bonds is 3. The Bertz CT molecular complexity index is 618. The van der Waals surface area contributed by atoms with Crippen molar-refractivity contribution in [1.29, 1.82) is 0 Å². The zero-order valence-corrected chi connectivity index (χ0v) is 13.2. The molecule has 0 saturated carbocycles. The first-order valence-corrected chi connectivity index (χ1v) is 8.66. The molecule has 3 fully saturated rings. The molecule has 21 heavy (non-hydrogen) atoms. The van der Waals surface area contributed by atoms with Crippen LogP contribution in [0.15, 0.2) is 23.6 Å². The van der Waals surface area contributed by atoms with Crippen molar-refractivity contribution in [3.8, 4) is 10.6 Å². The van der Waals surface area contributed by atoms with Gasteiger partial charge in [0, 0.05) is 37.8 Å². The van der Waals surface area contributed by atoms with Gasteiger partial charge in [0.1, 0.15) is 5.69 Å². The zero-order chi connectivity index (χ0) is 14.4. The number of hydrogen-bond donors (Lipinski definition) is 1. The molecule has 2 aromatic rings. The van der Waals surface area contributed by atoms with E-state index in [0.717, 1.165) is 24.7 Å². The first-order chi connectivity index (χ1) is 10.3. The fraction of sp³-hybridized carbons (Fsp3) is 0.562. The Labute approximate surface area is 129 Å². The normalized spacial score (nSPS) is 31.7. The van der Waals surface area contributed by atoms with Crippen LogP contribution in [-0.2, 0) is 7.05 Å². The molecular formula is C16H22N4S. The summed E-state index contributed by atoms with van der Waals surface area (Å²) in [5, 5.41) is 6.85. The Hall–Kier alpha value is -1.17. The van der Waals surface area contributed by atoms with Gasteiger partial charge in [-0.3, -0.25) is 9.58 Å². The lowest BCUT2D eigenvalue weighted by atomic mass is 9.74. The summed E-state index contributed by atoms with van der Waals surface area (Å²) in [6.45, 7) is 3.17. The van der Waals surface area contributed by atoms with Crippen LogP contribution >= 0.6 is 11.3 Å². The van der Waals surface area contributed by atoms with E-state index in [2.05, 4.69) is 40.2 Å². The van der Waals surface area contributed by atoms with Gasteiger partial charge in [0.05, 0.1) is 4.88 Å². The Morgan fingerprint density at radius 1 is 1.48 bits per heavy atom. The summed E-state index contributed by atoms with van der Waals surface area (Å²) in [7, 11) is 2.09. The third-order valence-corrected chi connectivity index (χ3v) is 6.11. The molecule has 4 atom stereocenters. The number of aromatic nitrogens is 2. The fourth-order valence-corrected chi connectivity index (χ4v) is 4.77. The molecule has 5 rings (SSSR count). The number of piperidine rings is 3. The van der Waals surface area contributed by atoms with E-state index in [1.807, 2.05) is 0 Å². The fourth-order valence-electron chi connectivity index (χ4n) is 4.09. The van der Waals surface area contributed by atoms with Crippen LogP contribution in [0.2, 0.25) is 0 Å². The summed E-state index contributed by atoms with van der Waals surface area (Å²) in [6.07, 6.45) is 2.56. The summed E-state index contributed by atoms with van der Waals surface area (Å²) in [5.74, 6) is 1.39. The van der Waals surface area contributed by atoms with E-state index in [1.165, 1.54) is 30.0 Å². The van der Waals surface area contributed by atoms with Gasteiger partial charge < -0.3 is 5.73 Å². The lowest BCUT2D eigenvalue weighted by Gasteiger charge is -2.49. The zero-order valence-electron chi connectivity index (χ0n) is 12.4. The molecule has 4 nitrogen and oxygen atoms in total. The van der Waals surface area contributed by atoms with Crippen molar-refractivity contribution < 1.29 is 0 Å². The quantitative estimate of drug-likeness (QED) is 0.946. The first kappa shape index (κ1) is 13.5. The highest BCUT2D eigenvalue weighted by atomic mass is 32.1. The summed E-state index contributed by atoms with van der Waals surface area (Å²) in [5.41, 5.74) is 8.43. The number of fused-ring (bicyclic) bond motifs is 3. The van der Waals surface area contributed by atoms with Crippen LogP contribution in [-0.4, -0.2) is 40.4 Å². The number of aryl methyl sites for hydroxylation is 1. The summed E-state index contributed by atoms with van der Waals surface area (Å²) in [4.78, 5) is 3.85. The molecule has 0 radical (unpaired) electrons. The Kier molecular flexibility index (Phi) is 3.36. The molecule has 5 heteroatoms. The second-order valence-corrected chi connectivity index (χ2v) is 7.28. The third kappa shape index (κ3) is 2.24. The van der Waals surface area contributed by atoms with Crippen LogP contribution in [0, 0.1) is 5.92 Å². The lowest BCUT2D eigenvalue weighted by Crippen LogP contribution is -2.55. The van der Waals surface area contributed by atoms with Gasteiger partial charge in [-0.1, -0.05) is 6.07 Å². The van der Waals surface area contributed by atoms with Gasteiger partial charge >= 0.3 is 0 Å². The minimum atomic E-state index is 0.602. The summed E-state index contributed by atoms with van der Waals surface area (Å²) < 4.78 is 2.10. The number of thiophene rings is 1. The third-order valence-electron chi connectivity index (χ3n) is 5.22. The van der Waals surface area contributed by atoms with Crippen LogP contribution in [0.25, 0.3) is 10.6 Å². The molecule has 3 aliphatic heterocycles. The monoisotopic (exact) mass is 302 g/mol. The van der Waals surface area contributed by atoms with Gasteiger partial charge in [0.2, 0.25) is 0 Å². The minimum absolute atomic E-state index is 0.602. The molecule has 2 aromatic heterocycles. The molecule has 2 bridgehead atoms. The lowest BCUT2D eigenvalue weighted by molar-refractivity contribution is 0.0322. The molecule has 0 amide bonds. The topological polar surface area (TPSA) is 47.1 Å². The minimum Gasteiger partial charge on any atom is -0.329 e. The number of nitrogens with two attached hydrogens (primary N) is 1. The highest BCUT2D eigenvalue weighted by Crippen LogP contribution is 2.42. The van der Waals surface area contributed by atoms with Crippen LogP contribution in [0.3, 0.4) is 0 Å². The van der Waals surface area contributed by atoms with Crippen molar-refractivity contribution in [1.82, 2.24) is 14.7 Å². The van der Waals surface area contributed by atoms with Crippen molar-refractivity contribution in [3.05, 3.63) is 29.3 Å². The van der Waals surface area contributed by atoms with E-state index in [4.69, 9.17) is 10.8 Å². The van der Waals surface area contributed by atoms with Crippen molar-refractivity contribution in [3.63, 3.8) is 0 Å². The maximum atomic E-state index is 5.91. The molecule has 0 aliphatic carbocycles. The van der Waals surface area contributed by atoms with Crippen molar-refractivity contribution in [2.24, 2.45) is 18.7 Å². The van der Waals surface area contributed by atoms with Crippen LogP contribution < -0.4 is 5.73 Å². The predicted molar refractivity (Wildman–Crippen MR) is 86.4 cm³/mol. The summed E-state index contributed by atoms with van der Waals surface area (Å²) in [6, 6.07) is 7.15. The van der Waals surface area contributed by atoms with E-state index >= 15 is 0 Å². The number of nitrogens with zero attached hydrogens (tertiary/aromatic N) is 3. The van der Waals surface area contributed by atoms with Crippen LogP contribution in [0.1, 0.15) is 24.5 Å². The maximum Gasteiger partial charge on any atom is 0.103 e. The molecule has 1 unspecified atom stereocenters. The molecular weight excluding hydrogens is 280 g/mol. The average molecular weight is 302 g/mol. The first-order valence-electron chi connectivity index (χ1n) is 7.78. The molecule has 3 saturated heterocycles. The molecule has 3 aliphatic rings. The van der Waals surface area contributed by atoms with E-state index < -0.39 is 0 Å². The highest BCUT2D eigenvalue weighted by molar-refractivity contribution is 7.13. The Morgan fingerprint density at radius 2 is 2.38 bits per heavy atom. The maximum absolute atomic E-state index is 5.91. The van der Waals surface area contributed by atoms with E-state index in [1.54, 1.807) is 11.3 Å². The smallest absolute Gasteiger partial charge is 0.103 e. The number of hydrogen-bond acceptors (Lipinski definition) is 4. The van der Waals surface area contributed by atoms with Crippen LogP contribution in [0.4, 0.5) is 0 Å². The molecule has 2 N–H and O–H groups in total. The Morgan fingerprint density at radius 3 is 3.05 bits per heavy atom. The largest absolute Gasteiger partial charge is 0.329 e. The van der Waals surface area contributed by atoms with E-state index in [0.29, 0.717) is 12.0 Å². The van der Waals surface area contributed by atoms with Crippen molar-refractivity contribution in [2.75, 3.05) is 19.6 Å². The van der Waals surface area contributed by atoms with Gasteiger partial charge in [-0.05, 0) is 42.8 Å². The second-order valence-electron chi connectivity index (χ2n) is 6.33. The van der Waals surface area contributed by atoms with Gasteiger partial charge in [-0.25, -0.2) is 0 Å².